The molecular formula is C27H33F3N2O3S. The van der Waals surface area contributed by atoms with Crippen molar-refractivity contribution in [3.05, 3.63) is 54.6 Å². The number of ether oxygens (including phenoxy) is 2. The summed E-state index contributed by atoms with van der Waals surface area (Å²) >= 11 is 1.54. The molecule has 0 fully saturated rings. The summed E-state index contributed by atoms with van der Waals surface area (Å²) in [7, 11) is 0. The number of nitrogens with two attached hydrogens (primary N) is 2. The van der Waals surface area contributed by atoms with Crippen molar-refractivity contribution in [1.82, 2.24) is 0 Å². The number of thiophene rings is 1. The molecule has 0 aliphatic carbocycles. The van der Waals surface area contributed by atoms with E-state index in [0.29, 0.717) is 12.2 Å². The van der Waals surface area contributed by atoms with Crippen LogP contribution < -0.4 is 16.2 Å². The van der Waals surface area contributed by atoms with Gasteiger partial charge in [-0.2, -0.15) is 13.2 Å². The largest absolute Gasteiger partial charge is 0.493 e. The Morgan fingerprint density at radius 3 is 2.28 bits per heavy atom. The van der Waals surface area contributed by atoms with Gasteiger partial charge in [0.2, 0.25) is 0 Å². The minimum absolute atomic E-state index is 0.304. The van der Waals surface area contributed by atoms with E-state index in [1.807, 2.05) is 42.5 Å². The van der Waals surface area contributed by atoms with E-state index in [2.05, 4.69) is 0 Å². The number of esters is 1. The molecule has 2 unspecified atom stereocenters. The fourth-order valence-corrected chi connectivity index (χ4v) is 4.71. The molecule has 3 aromatic rings. The Morgan fingerprint density at radius 2 is 1.67 bits per heavy atom. The Hall–Kier alpha value is -2.62. The molecule has 1 heterocycles. The quantitative estimate of drug-likeness (QED) is 0.312. The van der Waals surface area contributed by atoms with Crippen LogP contribution in [0.5, 0.6) is 5.75 Å². The van der Waals surface area contributed by atoms with Crippen molar-refractivity contribution in [1.29, 1.82) is 0 Å². The highest BCUT2D eigenvalue weighted by Crippen LogP contribution is 2.36. The summed E-state index contributed by atoms with van der Waals surface area (Å²) < 4.78 is 52.5. The van der Waals surface area contributed by atoms with Gasteiger partial charge in [0.1, 0.15) is 24.9 Å². The van der Waals surface area contributed by atoms with E-state index in [1.54, 1.807) is 39.8 Å². The van der Waals surface area contributed by atoms with Crippen molar-refractivity contribution in [2.24, 2.45) is 22.8 Å². The molecule has 1 aromatic heterocycles. The smallest absolute Gasteiger partial charge is 0.398 e. The van der Waals surface area contributed by atoms with Gasteiger partial charge in [-0.1, -0.05) is 30.3 Å². The highest BCUT2D eigenvalue weighted by Gasteiger charge is 2.43. The summed E-state index contributed by atoms with van der Waals surface area (Å²) in [6.07, 6.45) is -4.31. The van der Waals surface area contributed by atoms with Crippen LogP contribution in [0.3, 0.4) is 0 Å². The zero-order chi connectivity index (χ0) is 26.7. The number of hydrogen-bond acceptors (Lipinski definition) is 6. The van der Waals surface area contributed by atoms with Crippen LogP contribution in [0.15, 0.2) is 54.6 Å². The second-order valence-corrected chi connectivity index (χ2v) is 11.4. The normalized spacial score (nSPS) is 14.5. The summed E-state index contributed by atoms with van der Waals surface area (Å²) in [6.45, 7) is 5.09. The van der Waals surface area contributed by atoms with E-state index < -0.39 is 48.3 Å². The number of carbonyl (C=O) groups excluding carboxylic acids is 1. The van der Waals surface area contributed by atoms with Gasteiger partial charge >= 0.3 is 12.1 Å². The Morgan fingerprint density at radius 1 is 1.00 bits per heavy atom. The lowest BCUT2D eigenvalue weighted by Crippen LogP contribution is -2.50. The number of fused-ring (bicyclic) bond motifs is 1. The topological polar surface area (TPSA) is 87.6 Å². The van der Waals surface area contributed by atoms with Gasteiger partial charge in [0.25, 0.3) is 0 Å². The van der Waals surface area contributed by atoms with Gasteiger partial charge in [-0.05, 0) is 69.3 Å². The highest BCUT2D eigenvalue weighted by molar-refractivity contribution is 7.22. The predicted octanol–water partition coefficient (Wildman–Crippen LogP) is 6.15. The number of carbonyl (C=O) groups is 1. The fraction of sp³-hybridized carbons (Fsp3) is 0.444. The van der Waals surface area contributed by atoms with Gasteiger partial charge in [-0.15, -0.1) is 11.3 Å². The van der Waals surface area contributed by atoms with Crippen LogP contribution in [-0.4, -0.2) is 36.9 Å². The molecule has 0 spiro atoms. The highest BCUT2D eigenvalue weighted by atomic mass is 32.1. The third kappa shape index (κ3) is 7.21. The first-order chi connectivity index (χ1) is 16.7. The number of benzene rings is 2. The maximum atomic E-state index is 13.7. The lowest BCUT2D eigenvalue weighted by molar-refractivity contribution is -0.199. The van der Waals surface area contributed by atoms with Crippen molar-refractivity contribution in [2.75, 3.05) is 13.2 Å². The monoisotopic (exact) mass is 522 g/mol. The second-order valence-electron chi connectivity index (χ2n) is 10.3. The maximum absolute atomic E-state index is 13.7. The number of halogens is 3. The van der Waals surface area contributed by atoms with E-state index in [-0.39, 0.29) is 0 Å². The molecule has 196 valence electrons. The van der Waals surface area contributed by atoms with E-state index in [9.17, 15) is 18.0 Å². The molecule has 0 amide bonds. The molecule has 0 aliphatic rings. The van der Waals surface area contributed by atoms with E-state index >= 15 is 0 Å². The molecule has 0 saturated carbocycles. The van der Waals surface area contributed by atoms with Crippen LogP contribution in [0.2, 0.25) is 0 Å². The molecule has 0 bridgehead atoms. The van der Waals surface area contributed by atoms with Gasteiger partial charge in [0.05, 0.1) is 5.41 Å². The standard InChI is InChI=1S/C27H33F3N2O3S/c1-25(2,32)14-23(31)26(3,4)24(33)35-16-19(27(28,29)30)15-34-20-11-10-18-12-21(36-22(18)13-20)17-8-6-5-7-9-17/h5-13,19,23H,14-16,31-32H2,1-4H3. The molecule has 5 nitrogen and oxygen atoms in total. The van der Waals surface area contributed by atoms with Crippen LogP contribution >= 0.6 is 11.3 Å². The number of hydrogen-bond donors (Lipinski definition) is 2. The first-order valence-electron chi connectivity index (χ1n) is 11.7. The molecule has 3 rings (SSSR count). The van der Waals surface area contributed by atoms with E-state index in [1.165, 1.54) is 11.3 Å². The second kappa shape index (κ2) is 10.8. The predicted molar refractivity (Wildman–Crippen MR) is 138 cm³/mol. The molecule has 0 radical (unpaired) electrons. The van der Waals surface area contributed by atoms with Crippen molar-refractivity contribution in [3.63, 3.8) is 0 Å². The molecule has 4 N–H and O–H groups in total. The van der Waals surface area contributed by atoms with Gasteiger partial charge in [-0.3, -0.25) is 4.79 Å². The van der Waals surface area contributed by atoms with Crippen LogP contribution in [0.1, 0.15) is 34.1 Å². The van der Waals surface area contributed by atoms with Crippen LogP contribution in [0.4, 0.5) is 13.2 Å². The summed E-state index contributed by atoms with van der Waals surface area (Å²) in [6, 6.07) is 16.4. The summed E-state index contributed by atoms with van der Waals surface area (Å²) in [5.74, 6) is -2.47. The molecule has 2 atom stereocenters. The first kappa shape index (κ1) is 28.0. The maximum Gasteiger partial charge on any atom is 0.398 e. The Bertz CT molecular complexity index is 1170. The van der Waals surface area contributed by atoms with E-state index in [0.717, 1.165) is 20.5 Å². The fourth-order valence-electron chi connectivity index (χ4n) is 3.62. The van der Waals surface area contributed by atoms with Crippen molar-refractivity contribution in [2.45, 2.75) is 51.9 Å². The average Bonchev–Trinajstić information content (AvgIpc) is 3.21. The van der Waals surface area contributed by atoms with Gasteiger partial charge in [-0.25, -0.2) is 0 Å². The van der Waals surface area contributed by atoms with Crippen LogP contribution in [0.25, 0.3) is 20.5 Å². The molecule has 36 heavy (non-hydrogen) atoms. The Labute approximate surface area is 213 Å². The minimum Gasteiger partial charge on any atom is -0.493 e. The molecule has 0 aliphatic heterocycles. The van der Waals surface area contributed by atoms with Crippen LogP contribution in [0, 0.1) is 11.3 Å². The third-order valence-electron chi connectivity index (χ3n) is 6.08. The molecule has 2 aromatic carbocycles. The van der Waals surface area contributed by atoms with Gasteiger partial charge in [0.15, 0.2) is 0 Å². The van der Waals surface area contributed by atoms with Crippen molar-refractivity contribution < 1.29 is 27.4 Å². The average molecular weight is 523 g/mol. The Balaban J connectivity index is 1.65. The molecule has 9 heteroatoms. The lowest BCUT2D eigenvalue weighted by atomic mass is 9.79. The number of rotatable bonds is 10. The lowest BCUT2D eigenvalue weighted by Gasteiger charge is -2.34. The van der Waals surface area contributed by atoms with Crippen LogP contribution in [-0.2, 0) is 9.53 Å². The number of alkyl halides is 3. The van der Waals surface area contributed by atoms with Crippen molar-refractivity contribution in [3.8, 4) is 16.2 Å². The SMILES string of the molecule is CC(C)(N)CC(N)C(C)(C)C(=O)OCC(COc1ccc2cc(-c3ccccc3)sc2c1)C(F)(F)F. The van der Waals surface area contributed by atoms with Gasteiger partial charge < -0.3 is 20.9 Å². The summed E-state index contributed by atoms with van der Waals surface area (Å²) in [5.41, 5.74) is 11.3. The molecular weight excluding hydrogens is 489 g/mol. The van der Waals surface area contributed by atoms with E-state index in [4.69, 9.17) is 20.9 Å². The Kier molecular flexibility index (Phi) is 8.37. The third-order valence-corrected chi connectivity index (χ3v) is 7.23. The zero-order valence-electron chi connectivity index (χ0n) is 20.9. The minimum atomic E-state index is -4.61. The summed E-state index contributed by atoms with van der Waals surface area (Å²) in [5, 5.41) is 0.978. The summed E-state index contributed by atoms with van der Waals surface area (Å²) in [4.78, 5) is 13.7. The zero-order valence-corrected chi connectivity index (χ0v) is 21.7. The van der Waals surface area contributed by atoms with Crippen molar-refractivity contribution >= 4 is 27.4 Å². The first-order valence-corrected chi connectivity index (χ1v) is 12.5. The van der Waals surface area contributed by atoms with Gasteiger partial charge in [0, 0.05) is 21.2 Å². The molecule has 0 saturated heterocycles.